The molecule has 3 saturated heterocycles. The molecule has 4 aliphatic rings. The Kier molecular flexibility index (Phi) is 12.0. The van der Waals surface area contributed by atoms with Crippen LogP contribution in [-0.2, 0) is 28.4 Å². The smallest absolute Gasteiger partial charge is 0.228 e. The minimum atomic E-state index is -1.89. The molecule has 4 heterocycles. The van der Waals surface area contributed by atoms with E-state index in [1.165, 1.54) is 36.4 Å². The zero-order valence-corrected chi connectivity index (χ0v) is 27.6. The molecule has 20 heteroatoms. The van der Waals surface area contributed by atoms with E-state index < -0.39 is 118 Å². The van der Waals surface area contributed by atoms with Crippen LogP contribution in [0.3, 0.4) is 0 Å². The van der Waals surface area contributed by atoms with Crippen molar-refractivity contribution in [3.8, 4) is 23.0 Å². The van der Waals surface area contributed by atoms with Crippen molar-refractivity contribution in [1.82, 2.24) is 0 Å². The minimum absolute atomic E-state index is 0.0561. The number of phenols is 3. The number of ether oxygens (including phenoxy) is 7. The van der Waals surface area contributed by atoms with Crippen LogP contribution in [0.15, 0.2) is 42.2 Å². The summed E-state index contributed by atoms with van der Waals surface area (Å²) >= 11 is 0. The van der Waals surface area contributed by atoms with Gasteiger partial charge in [-0.3, -0.25) is 0 Å². The number of fused-ring (bicyclic) bond motifs is 1. The number of aliphatic hydroxyl groups excluding tert-OH is 10. The minimum Gasteiger partial charge on any atom is -0.508 e. The number of aliphatic hydroxyl groups is 10. The van der Waals surface area contributed by atoms with E-state index in [1.807, 2.05) is 0 Å². The molecule has 13 N–H and O–H groups in total. The summed E-state index contributed by atoms with van der Waals surface area (Å²) in [7, 11) is 0. The highest BCUT2D eigenvalue weighted by Crippen LogP contribution is 2.44. The lowest BCUT2D eigenvalue weighted by molar-refractivity contribution is -0.341. The molecule has 53 heavy (non-hydrogen) atoms. The zero-order valence-electron chi connectivity index (χ0n) is 27.6. The fourth-order valence-electron chi connectivity index (χ4n) is 6.28. The predicted octanol–water partition coefficient (Wildman–Crippen LogP) is -4.26. The van der Waals surface area contributed by atoms with Gasteiger partial charge < -0.3 is 99.5 Å². The van der Waals surface area contributed by atoms with Crippen LogP contribution < -0.4 is 4.74 Å². The Balaban J connectivity index is 1.14. The van der Waals surface area contributed by atoms with Gasteiger partial charge in [-0.15, -0.1) is 0 Å². The van der Waals surface area contributed by atoms with E-state index in [0.717, 1.165) is 6.07 Å². The van der Waals surface area contributed by atoms with E-state index >= 15 is 0 Å². The SMILES string of the molecule is OCC1OC(OCC2OC(OCC3OC(OC4=Cc5c(O)cc(O)cc5OC4c4ccc(O)cc4)C(O)C(O)C3O)C(O)C(O)C2O)C(O)C(O)C1O. The van der Waals surface area contributed by atoms with Crippen molar-refractivity contribution in [2.75, 3.05) is 19.8 Å². The van der Waals surface area contributed by atoms with Crippen LogP contribution in [0.25, 0.3) is 6.08 Å². The first-order chi connectivity index (χ1) is 25.2. The molecule has 294 valence electrons. The molecule has 4 aliphatic heterocycles. The molecular weight excluding hydrogens is 716 g/mol. The van der Waals surface area contributed by atoms with Gasteiger partial charge in [-0.2, -0.15) is 0 Å². The third-order valence-electron chi connectivity index (χ3n) is 9.38. The molecular formula is C33H42O20. The van der Waals surface area contributed by atoms with Crippen LogP contribution in [0.2, 0.25) is 0 Å². The van der Waals surface area contributed by atoms with Crippen molar-refractivity contribution in [2.24, 2.45) is 0 Å². The van der Waals surface area contributed by atoms with Crippen LogP contribution in [0, 0.1) is 0 Å². The van der Waals surface area contributed by atoms with Gasteiger partial charge in [0.25, 0.3) is 0 Å². The Labute approximate surface area is 300 Å². The molecule has 16 atom stereocenters. The van der Waals surface area contributed by atoms with Crippen LogP contribution in [-0.4, -0.2) is 178 Å². The second-order valence-electron chi connectivity index (χ2n) is 13.0. The molecule has 16 unspecified atom stereocenters. The second kappa shape index (κ2) is 16.1. The first kappa shape index (κ1) is 39.3. The Morgan fingerprint density at radius 3 is 1.58 bits per heavy atom. The van der Waals surface area contributed by atoms with E-state index in [2.05, 4.69) is 0 Å². The van der Waals surface area contributed by atoms with E-state index in [0.29, 0.717) is 5.56 Å². The largest absolute Gasteiger partial charge is 0.508 e. The summed E-state index contributed by atoms with van der Waals surface area (Å²) in [6, 6.07) is 8.05. The van der Waals surface area contributed by atoms with Crippen LogP contribution >= 0.6 is 0 Å². The Hall–Kier alpha value is -3.42. The molecule has 0 spiro atoms. The van der Waals surface area contributed by atoms with Gasteiger partial charge in [0.1, 0.15) is 102 Å². The summed E-state index contributed by atoms with van der Waals surface area (Å²) in [5.74, 6) is -0.736. The topological polar surface area (TPSA) is 328 Å². The van der Waals surface area contributed by atoms with E-state index in [1.54, 1.807) is 0 Å². The Morgan fingerprint density at radius 1 is 0.547 bits per heavy atom. The molecule has 0 radical (unpaired) electrons. The van der Waals surface area contributed by atoms with Crippen molar-refractivity contribution in [1.29, 1.82) is 0 Å². The van der Waals surface area contributed by atoms with Crippen molar-refractivity contribution in [3.05, 3.63) is 53.3 Å². The maximum Gasteiger partial charge on any atom is 0.228 e. The van der Waals surface area contributed by atoms with Crippen LogP contribution in [0.1, 0.15) is 17.2 Å². The zero-order chi connectivity index (χ0) is 38.3. The predicted molar refractivity (Wildman–Crippen MR) is 169 cm³/mol. The number of rotatable bonds is 10. The number of hydrogen-bond acceptors (Lipinski definition) is 20. The molecule has 0 aromatic heterocycles. The van der Waals surface area contributed by atoms with Gasteiger partial charge in [0.15, 0.2) is 18.7 Å². The average molecular weight is 759 g/mol. The first-order valence-electron chi connectivity index (χ1n) is 16.5. The normalized spacial score (nSPS) is 40.2. The number of benzene rings is 2. The van der Waals surface area contributed by atoms with Crippen LogP contribution in [0.5, 0.6) is 23.0 Å². The van der Waals surface area contributed by atoms with Gasteiger partial charge >= 0.3 is 0 Å². The van der Waals surface area contributed by atoms with Gasteiger partial charge in [-0.05, 0) is 18.2 Å². The third-order valence-corrected chi connectivity index (χ3v) is 9.38. The lowest BCUT2D eigenvalue weighted by Gasteiger charge is -2.44. The number of hydrogen-bond donors (Lipinski definition) is 13. The van der Waals surface area contributed by atoms with E-state index in [9.17, 15) is 66.4 Å². The summed E-state index contributed by atoms with van der Waals surface area (Å²) in [6.45, 7) is -2.03. The third kappa shape index (κ3) is 8.03. The number of phenolic OH excluding ortho intramolecular Hbond substituents is 3. The first-order valence-corrected chi connectivity index (χ1v) is 16.5. The molecule has 3 fully saturated rings. The molecule has 20 nitrogen and oxygen atoms in total. The summed E-state index contributed by atoms with van der Waals surface area (Å²) in [5, 5.41) is 134. The Bertz CT molecular complexity index is 1570. The lowest BCUT2D eigenvalue weighted by Crippen LogP contribution is -2.62. The highest BCUT2D eigenvalue weighted by atomic mass is 16.7. The molecule has 0 amide bonds. The average Bonchev–Trinajstić information content (AvgIpc) is 3.13. The summed E-state index contributed by atoms with van der Waals surface area (Å²) in [5.41, 5.74) is 0.510. The molecule has 6 rings (SSSR count). The van der Waals surface area contributed by atoms with Gasteiger partial charge in [-0.1, -0.05) is 12.1 Å². The van der Waals surface area contributed by atoms with Gasteiger partial charge in [0.05, 0.1) is 25.4 Å². The molecule has 0 bridgehead atoms. The fraction of sp³-hybridized carbons (Fsp3) is 0.576. The standard InChI is InChI=1S/C33H42O20/c34-8-18-21(38)24(41)27(44)31(51-18)47-9-19-22(39)25(42)28(45)32(52-19)48-10-20-23(40)26(43)29(46)33(53-20)50-17-7-14-15(37)5-13(36)6-16(14)49-30(17)11-1-3-12(35)4-2-11/h1-7,18-46H,8-10H2. The van der Waals surface area contributed by atoms with E-state index in [-0.39, 0.29) is 34.3 Å². The van der Waals surface area contributed by atoms with Crippen molar-refractivity contribution in [3.63, 3.8) is 0 Å². The quantitative estimate of drug-likeness (QED) is 0.109. The van der Waals surface area contributed by atoms with Crippen molar-refractivity contribution in [2.45, 2.75) is 98.2 Å². The van der Waals surface area contributed by atoms with Crippen molar-refractivity contribution < 1.29 is 99.5 Å². The van der Waals surface area contributed by atoms with Gasteiger partial charge in [0, 0.05) is 17.7 Å². The Morgan fingerprint density at radius 2 is 1.04 bits per heavy atom. The van der Waals surface area contributed by atoms with Crippen LogP contribution in [0.4, 0.5) is 0 Å². The maximum absolute atomic E-state index is 10.8. The fourth-order valence-corrected chi connectivity index (χ4v) is 6.28. The monoisotopic (exact) mass is 758 g/mol. The van der Waals surface area contributed by atoms with Crippen molar-refractivity contribution >= 4 is 6.08 Å². The molecule has 2 aromatic carbocycles. The summed E-state index contributed by atoms with van der Waals surface area (Å²) in [4.78, 5) is 0. The highest BCUT2D eigenvalue weighted by Gasteiger charge is 2.50. The molecule has 2 aromatic rings. The van der Waals surface area contributed by atoms with E-state index in [4.69, 9.17) is 33.2 Å². The van der Waals surface area contributed by atoms with Gasteiger partial charge in [-0.25, -0.2) is 0 Å². The van der Waals surface area contributed by atoms with Gasteiger partial charge in [0.2, 0.25) is 6.29 Å². The molecule has 0 aliphatic carbocycles. The summed E-state index contributed by atoms with van der Waals surface area (Å²) < 4.78 is 39.6. The lowest BCUT2D eigenvalue weighted by atomic mass is 9.98. The summed E-state index contributed by atoms with van der Waals surface area (Å²) in [6.07, 6.45) is -25.3. The second-order valence-corrected chi connectivity index (χ2v) is 13.0. The maximum atomic E-state index is 10.8. The number of aromatic hydroxyl groups is 3. The molecule has 0 saturated carbocycles. The highest BCUT2D eigenvalue weighted by molar-refractivity contribution is 5.69.